The minimum atomic E-state index is -5.08. The van der Waals surface area contributed by atoms with Gasteiger partial charge in [-0.3, -0.25) is 19.3 Å². The molecule has 0 bridgehead atoms. The number of rotatable bonds is 9. The van der Waals surface area contributed by atoms with Crippen molar-refractivity contribution >= 4 is 44.3 Å². The lowest BCUT2D eigenvalue weighted by atomic mass is 9.93. The van der Waals surface area contributed by atoms with Crippen LogP contribution in [0.5, 0.6) is 0 Å². The number of anilines is 1. The van der Waals surface area contributed by atoms with E-state index in [0.29, 0.717) is 10.7 Å². The molecular formula is C36H29ClF7N7O4S. The summed E-state index contributed by atoms with van der Waals surface area (Å²) in [6.45, 7) is 1.72. The van der Waals surface area contributed by atoms with Crippen LogP contribution in [-0.2, 0) is 39.9 Å². The van der Waals surface area contributed by atoms with Gasteiger partial charge < -0.3 is 10.4 Å². The minimum Gasteiger partial charge on any atom is -0.378 e. The zero-order valence-corrected chi connectivity index (χ0v) is 30.9. The van der Waals surface area contributed by atoms with Gasteiger partial charge in [-0.15, -0.1) is 0 Å². The van der Waals surface area contributed by atoms with Gasteiger partial charge in [-0.25, -0.2) is 22.2 Å². The van der Waals surface area contributed by atoms with Crippen LogP contribution in [0.25, 0.3) is 22.0 Å². The van der Waals surface area contributed by atoms with Gasteiger partial charge in [0.25, 0.3) is 5.92 Å². The molecule has 1 unspecified atom stereocenters. The molecule has 1 saturated carbocycles. The van der Waals surface area contributed by atoms with E-state index in [1.165, 1.54) is 38.1 Å². The quantitative estimate of drug-likeness (QED) is 0.0969. The molecule has 2 aromatic carbocycles. The highest BCUT2D eigenvalue weighted by atomic mass is 35.5. The zero-order chi connectivity index (χ0) is 40.7. The molecule has 3 heterocycles. The van der Waals surface area contributed by atoms with Crippen molar-refractivity contribution in [2.45, 2.75) is 62.9 Å². The molecule has 2 aliphatic rings. The molecule has 11 nitrogen and oxygen atoms in total. The highest BCUT2D eigenvalue weighted by molar-refractivity contribution is 7.92. The Kier molecular flexibility index (Phi) is 9.41. The Morgan fingerprint density at radius 3 is 2.45 bits per heavy atom. The van der Waals surface area contributed by atoms with Crippen LogP contribution in [0, 0.1) is 29.4 Å². The molecule has 294 valence electrons. The molecule has 4 N–H and O–H groups in total. The van der Waals surface area contributed by atoms with Crippen molar-refractivity contribution in [1.29, 1.82) is 0 Å². The van der Waals surface area contributed by atoms with Crippen LogP contribution in [0.15, 0.2) is 42.5 Å². The van der Waals surface area contributed by atoms with Crippen molar-refractivity contribution in [3.05, 3.63) is 93.0 Å². The lowest BCUT2D eigenvalue weighted by molar-refractivity contribution is -0.142. The Bertz CT molecular complexity index is 2590. The molecule has 5 aromatic rings. The number of benzene rings is 2. The van der Waals surface area contributed by atoms with E-state index in [2.05, 4.69) is 42.2 Å². The molecular weight excluding hydrogens is 795 g/mol. The van der Waals surface area contributed by atoms with E-state index in [1.807, 2.05) is 0 Å². The van der Waals surface area contributed by atoms with Crippen LogP contribution in [0.4, 0.5) is 36.6 Å². The van der Waals surface area contributed by atoms with Gasteiger partial charge in [-0.2, -0.15) is 32.1 Å². The Balaban J connectivity index is 1.37. The maximum absolute atomic E-state index is 15.3. The third kappa shape index (κ3) is 7.64. The highest BCUT2D eigenvalue weighted by Crippen LogP contribution is 2.68. The molecule has 3 atom stereocenters. The van der Waals surface area contributed by atoms with Gasteiger partial charge in [-0.1, -0.05) is 23.6 Å². The van der Waals surface area contributed by atoms with Crippen LogP contribution in [0.2, 0.25) is 5.02 Å². The third-order valence-corrected chi connectivity index (χ3v) is 10.1. The predicted molar refractivity (Wildman–Crippen MR) is 189 cm³/mol. The van der Waals surface area contributed by atoms with E-state index < -0.39 is 93.1 Å². The van der Waals surface area contributed by atoms with E-state index in [-0.39, 0.29) is 56.2 Å². The van der Waals surface area contributed by atoms with Gasteiger partial charge in [0.05, 0.1) is 33.9 Å². The minimum absolute atomic E-state index is 0.0121. The molecule has 0 radical (unpaired) electrons. The number of nitrogens with one attached hydrogen (secondary N) is 3. The number of carbonyl (C=O) groups is 1. The first-order valence-electron chi connectivity index (χ1n) is 16.7. The monoisotopic (exact) mass is 823 g/mol. The highest BCUT2D eigenvalue weighted by Gasteiger charge is 2.68. The summed E-state index contributed by atoms with van der Waals surface area (Å²) in [7, 11) is -3.84. The first kappa shape index (κ1) is 39.1. The summed E-state index contributed by atoms with van der Waals surface area (Å²) >= 11 is 6.48. The number of alkyl halides is 5. The number of amides is 1. The average Bonchev–Trinajstić information content (AvgIpc) is 3.53. The van der Waals surface area contributed by atoms with Gasteiger partial charge in [0, 0.05) is 28.7 Å². The maximum Gasteiger partial charge on any atom is 0.435 e. The second kappa shape index (κ2) is 13.5. The van der Waals surface area contributed by atoms with E-state index in [9.17, 15) is 40.3 Å². The summed E-state index contributed by atoms with van der Waals surface area (Å²) in [5, 5.41) is 23.3. The summed E-state index contributed by atoms with van der Waals surface area (Å²) in [6, 6.07) is 7.04. The van der Waals surface area contributed by atoms with Crippen LogP contribution < -0.4 is 10.0 Å². The van der Waals surface area contributed by atoms with Crippen LogP contribution >= 0.6 is 11.6 Å². The molecule has 7 rings (SSSR count). The van der Waals surface area contributed by atoms with Crippen molar-refractivity contribution < 1.29 is 49.1 Å². The summed E-state index contributed by atoms with van der Waals surface area (Å²) in [5.74, 6) is -4.01. The van der Waals surface area contributed by atoms with Gasteiger partial charge in [0.1, 0.15) is 35.2 Å². The fourth-order valence-corrected chi connectivity index (χ4v) is 7.72. The molecule has 56 heavy (non-hydrogen) atoms. The molecule has 20 heteroatoms. The van der Waals surface area contributed by atoms with Gasteiger partial charge in [0.15, 0.2) is 11.5 Å². The Labute approximate surface area is 318 Å². The van der Waals surface area contributed by atoms with Gasteiger partial charge in [0.2, 0.25) is 15.9 Å². The molecule has 2 aliphatic carbocycles. The fraction of sp³-hybridized carbons (Fsp3) is 0.333. The van der Waals surface area contributed by atoms with Crippen molar-refractivity contribution in [3.8, 4) is 23.0 Å². The van der Waals surface area contributed by atoms with Crippen molar-refractivity contribution in [2.24, 2.45) is 5.92 Å². The van der Waals surface area contributed by atoms with E-state index >= 15 is 8.78 Å². The number of hydrogen-bond donors (Lipinski definition) is 4. The van der Waals surface area contributed by atoms with Crippen LogP contribution in [0.1, 0.15) is 66.1 Å². The Morgan fingerprint density at radius 2 is 1.80 bits per heavy atom. The number of aromatic nitrogens is 5. The number of pyridine rings is 1. The molecule has 0 saturated heterocycles. The number of H-pyrrole nitrogens is 1. The molecule has 0 spiro atoms. The van der Waals surface area contributed by atoms with E-state index in [4.69, 9.17) is 11.6 Å². The Hall–Kier alpha value is -5.19. The third-order valence-electron chi connectivity index (χ3n) is 9.19. The molecule has 0 aliphatic heterocycles. The number of halogens is 8. The number of sulfonamides is 1. The lowest BCUT2D eigenvalue weighted by Gasteiger charge is -2.23. The maximum atomic E-state index is 15.3. The number of hydrogen-bond acceptors (Lipinski definition) is 7. The van der Waals surface area contributed by atoms with Crippen LogP contribution in [0.3, 0.4) is 0 Å². The number of aromatic amines is 1. The second-order valence-electron chi connectivity index (χ2n) is 14.2. The van der Waals surface area contributed by atoms with Gasteiger partial charge >= 0.3 is 6.18 Å². The summed E-state index contributed by atoms with van der Waals surface area (Å²) in [6.07, 6.45) is -4.75. The largest absolute Gasteiger partial charge is 0.435 e. The zero-order valence-electron chi connectivity index (χ0n) is 29.3. The van der Waals surface area contributed by atoms with Gasteiger partial charge in [-0.05, 0) is 74.4 Å². The topological polar surface area (TPSA) is 155 Å². The van der Waals surface area contributed by atoms with E-state index in [0.717, 1.165) is 18.4 Å². The van der Waals surface area contributed by atoms with Crippen molar-refractivity contribution in [3.63, 3.8) is 0 Å². The molecule has 1 fully saturated rings. The Morgan fingerprint density at radius 1 is 1.12 bits per heavy atom. The number of nitrogens with zero attached hydrogens (tertiary/aromatic N) is 4. The van der Waals surface area contributed by atoms with E-state index in [1.54, 1.807) is 0 Å². The first-order valence-corrected chi connectivity index (χ1v) is 19.0. The predicted octanol–water partition coefficient (Wildman–Crippen LogP) is 6.57. The van der Waals surface area contributed by atoms with Crippen LogP contribution in [-0.4, -0.2) is 56.3 Å². The first-order chi connectivity index (χ1) is 26.0. The lowest BCUT2D eigenvalue weighted by Crippen LogP contribution is -2.35. The second-order valence-corrected chi connectivity index (χ2v) is 16.3. The summed E-state index contributed by atoms with van der Waals surface area (Å²) in [4.78, 5) is 18.5. The smallest absolute Gasteiger partial charge is 0.378 e. The fourth-order valence-electron chi connectivity index (χ4n) is 6.97. The van der Waals surface area contributed by atoms with Crippen molar-refractivity contribution in [2.75, 3.05) is 11.0 Å². The molecule has 3 aromatic heterocycles. The molecule has 1 amide bonds. The summed E-state index contributed by atoms with van der Waals surface area (Å²) in [5.41, 5.74) is -4.03. The normalized spacial score (nSPS) is 17.9. The SMILES string of the molecule is CC(C)(O)C#Cc1ccc(-c2ccc(Cl)c3c(NS(C)(=O)=O)n[nH]c23)c(C(Cc2cc(F)cc(F)c2)NC(=O)Cn2nc(C(F)(F)F)c3c2C(F)(F)[C@@H]2C[C@H]32)n1. The average molecular weight is 824 g/mol. The number of aliphatic hydroxyl groups is 1. The summed E-state index contributed by atoms with van der Waals surface area (Å²) < 4.78 is 128. The standard InChI is InChI=1S/C36H29ClF7N7O4S/c1-34(2,53)9-8-19-4-5-20(21-6-7-24(37)28-30(21)47-48-33(28)50-56(3,54)55)29(45-19)25(12-16-10-17(38)13-18(39)11-16)46-26(52)15-51-32-27(31(49-51)36(42,43)44)22-14-23(22)35(32,40)41/h4-7,10-11,13,22-23,25,53H,12,14-15H2,1-3H3,(H,46,52)(H2,47,48,50)/t22-,23+,25?/m0/s1. The number of carbonyl (C=O) groups excluding carboxylic acids is 1. The number of fused-ring (bicyclic) bond motifs is 4. The van der Waals surface area contributed by atoms with Crippen molar-refractivity contribution in [1.82, 2.24) is 30.3 Å².